The highest BCUT2D eigenvalue weighted by Gasteiger charge is 2.69. The van der Waals surface area contributed by atoms with E-state index in [0.717, 1.165) is 0 Å². The zero-order chi connectivity index (χ0) is 26.1. The molecule has 0 saturated heterocycles. The summed E-state index contributed by atoms with van der Waals surface area (Å²) >= 11 is 0. The number of rotatable bonds is 8. The van der Waals surface area contributed by atoms with Crippen molar-refractivity contribution in [3.8, 4) is 0 Å². The van der Waals surface area contributed by atoms with Gasteiger partial charge in [0.15, 0.2) is 11.6 Å². The minimum Gasteiger partial charge on any atom is -0.459 e. The van der Waals surface area contributed by atoms with Crippen LogP contribution >= 0.6 is 7.60 Å². The van der Waals surface area contributed by atoms with E-state index in [9.17, 15) is 37.8 Å². The number of nitro groups is 1. The van der Waals surface area contributed by atoms with E-state index < -0.39 is 83.2 Å². The van der Waals surface area contributed by atoms with Crippen LogP contribution < -0.4 is 0 Å². The maximum Gasteiger partial charge on any atom is 0.350 e. The van der Waals surface area contributed by atoms with E-state index in [1.165, 1.54) is 34.6 Å². The summed E-state index contributed by atoms with van der Waals surface area (Å²) in [6.45, 7) is 6.97. The first-order valence-electron chi connectivity index (χ1n) is 10.7. The Hall–Kier alpha value is -2.01. The highest BCUT2D eigenvalue weighted by Crippen LogP contribution is 2.67. The van der Waals surface area contributed by atoms with Crippen LogP contribution in [0.2, 0.25) is 0 Å². The number of aliphatic hydroxyl groups is 1. The Balaban J connectivity index is 2.72. The van der Waals surface area contributed by atoms with Crippen LogP contribution in [0.4, 0.5) is 13.2 Å². The minimum atomic E-state index is -4.61. The molecule has 34 heavy (non-hydrogen) atoms. The molecule has 192 valence electrons. The molecule has 9 nitrogen and oxygen atoms in total. The van der Waals surface area contributed by atoms with Crippen LogP contribution in [0.25, 0.3) is 0 Å². The van der Waals surface area contributed by atoms with E-state index in [0.29, 0.717) is 6.07 Å². The second kappa shape index (κ2) is 10.3. The molecule has 1 aromatic rings. The van der Waals surface area contributed by atoms with Gasteiger partial charge in [-0.15, -0.1) is 0 Å². The van der Waals surface area contributed by atoms with Gasteiger partial charge in [-0.1, -0.05) is 0 Å². The van der Waals surface area contributed by atoms with Gasteiger partial charge in [0.2, 0.25) is 11.2 Å². The van der Waals surface area contributed by atoms with Crippen LogP contribution in [0.1, 0.15) is 58.9 Å². The van der Waals surface area contributed by atoms with Gasteiger partial charge >= 0.3 is 13.6 Å². The molecule has 1 saturated carbocycles. The summed E-state index contributed by atoms with van der Waals surface area (Å²) < 4.78 is 71.7. The van der Waals surface area contributed by atoms with Crippen molar-refractivity contribution in [2.24, 2.45) is 0 Å². The van der Waals surface area contributed by atoms with Crippen molar-refractivity contribution >= 4 is 13.6 Å². The number of carbonyl (C=O) groups is 1. The predicted octanol–water partition coefficient (Wildman–Crippen LogP) is 4.33. The van der Waals surface area contributed by atoms with Gasteiger partial charge in [-0.25, -0.2) is 13.2 Å². The Bertz CT molecular complexity index is 976. The van der Waals surface area contributed by atoms with Crippen molar-refractivity contribution in [1.82, 2.24) is 0 Å². The van der Waals surface area contributed by atoms with Crippen LogP contribution in [0, 0.1) is 27.6 Å². The van der Waals surface area contributed by atoms with E-state index in [1.54, 1.807) is 0 Å². The van der Waals surface area contributed by atoms with E-state index in [-0.39, 0.29) is 19.3 Å². The number of hydrogen-bond donors (Lipinski definition) is 1. The van der Waals surface area contributed by atoms with Gasteiger partial charge in [-0.2, -0.15) is 0 Å². The fraction of sp³-hybridized carbons (Fsp3) is 0.667. The number of hydrogen-bond acceptors (Lipinski definition) is 8. The minimum absolute atomic E-state index is 0.223. The monoisotopic (exact) mass is 511 g/mol. The molecule has 4 atom stereocenters. The summed E-state index contributed by atoms with van der Waals surface area (Å²) in [4.78, 5) is 24.6. The summed E-state index contributed by atoms with van der Waals surface area (Å²) in [5.74, 6) is -6.91. The van der Waals surface area contributed by atoms with Crippen molar-refractivity contribution in [1.29, 1.82) is 0 Å². The standard InChI is InChI=1S/C21H29F3NO8P/c1-6-31-34(30,32-7-2)21(19(27)33-20(3,4)5)11-17(25(28)29)13(9-18(21)26)12-8-15(23)16(24)10-14(12)22/h8,10,13,17-18,26H,6-7,9,11H2,1-5H3/t13-,17?,18?,21?/m1/s1. The van der Waals surface area contributed by atoms with Crippen molar-refractivity contribution < 1.29 is 46.3 Å². The summed E-state index contributed by atoms with van der Waals surface area (Å²) in [7, 11) is -4.61. The Kier molecular flexibility index (Phi) is 8.56. The molecule has 13 heteroatoms. The van der Waals surface area contributed by atoms with Crippen LogP contribution in [0.15, 0.2) is 12.1 Å². The van der Waals surface area contributed by atoms with Crippen LogP contribution in [0.5, 0.6) is 0 Å². The van der Waals surface area contributed by atoms with Crippen LogP contribution in [-0.4, -0.2) is 52.1 Å². The first kappa shape index (κ1) is 28.2. The van der Waals surface area contributed by atoms with Gasteiger partial charge in [-0.3, -0.25) is 19.5 Å². The quantitative estimate of drug-likeness (QED) is 0.180. The largest absolute Gasteiger partial charge is 0.459 e. The van der Waals surface area contributed by atoms with Gasteiger partial charge < -0.3 is 18.9 Å². The Morgan fingerprint density at radius 1 is 1.18 bits per heavy atom. The normalized spacial score (nSPS) is 25.7. The molecule has 1 N–H and O–H groups in total. The molecule has 1 aliphatic carbocycles. The first-order chi connectivity index (χ1) is 15.6. The Morgan fingerprint density at radius 2 is 1.71 bits per heavy atom. The van der Waals surface area contributed by atoms with Crippen molar-refractivity contribution in [3.05, 3.63) is 45.3 Å². The van der Waals surface area contributed by atoms with Crippen molar-refractivity contribution in [2.75, 3.05) is 13.2 Å². The molecule has 0 radical (unpaired) electrons. The predicted molar refractivity (Wildman–Crippen MR) is 115 cm³/mol. The van der Waals surface area contributed by atoms with Gasteiger partial charge in [0.1, 0.15) is 11.4 Å². The maximum absolute atomic E-state index is 14.5. The third-order valence-corrected chi connectivity index (χ3v) is 8.40. The lowest BCUT2D eigenvalue weighted by molar-refractivity contribution is -0.532. The van der Waals surface area contributed by atoms with Crippen molar-refractivity contribution in [2.45, 2.75) is 76.3 Å². The lowest BCUT2D eigenvalue weighted by Crippen LogP contribution is -2.59. The molecular formula is C21H29F3NO8P. The number of esters is 1. The zero-order valence-corrected chi connectivity index (χ0v) is 20.4. The smallest absolute Gasteiger partial charge is 0.350 e. The third-order valence-electron chi connectivity index (χ3n) is 5.56. The average Bonchev–Trinajstić information content (AvgIpc) is 2.69. The van der Waals surface area contributed by atoms with Crippen LogP contribution in [-0.2, 0) is 23.1 Å². The highest BCUT2D eigenvalue weighted by molar-refractivity contribution is 7.57. The fourth-order valence-electron chi connectivity index (χ4n) is 4.17. The summed E-state index contributed by atoms with van der Waals surface area (Å²) in [6.07, 6.45) is -3.55. The van der Waals surface area contributed by atoms with E-state index in [1.807, 2.05) is 0 Å². The molecule has 0 spiro atoms. The van der Waals surface area contributed by atoms with Gasteiger partial charge in [0.05, 0.1) is 25.2 Å². The number of benzene rings is 1. The molecular weight excluding hydrogens is 482 g/mol. The van der Waals surface area contributed by atoms with E-state index >= 15 is 0 Å². The lowest BCUT2D eigenvalue weighted by atomic mass is 9.72. The second-order valence-electron chi connectivity index (χ2n) is 8.96. The number of carbonyl (C=O) groups excluding carboxylic acids is 1. The summed E-state index contributed by atoms with van der Waals surface area (Å²) in [6, 6.07) is -1.12. The molecule has 1 aromatic carbocycles. The number of nitrogens with zero attached hydrogens (tertiary/aromatic N) is 1. The topological polar surface area (TPSA) is 125 Å². The summed E-state index contributed by atoms with van der Waals surface area (Å²) in [5, 5.41) is 20.7. The molecule has 0 amide bonds. The van der Waals surface area contributed by atoms with Crippen LogP contribution in [0.3, 0.4) is 0 Å². The molecule has 0 aromatic heterocycles. The lowest BCUT2D eigenvalue weighted by Gasteiger charge is -2.46. The molecule has 0 bridgehead atoms. The molecule has 0 aliphatic heterocycles. The molecule has 3 unspecified atom stereocenters. The number of ether oxygens (including phenoxy) is 1. The number of halogens is 3. The van der Waals surface area contributed by atoms with Crippen molar-refractivity contribution in [3.63, 3.8) is 0 Å². The molecule has 1 fully saturated rings. The number of aliphatic hydroxyl groups excluding tert-OH is 1. The van der Waals surface area contributed by atoms with Gasteiger partial charge in [0.25, 0.3) is 0 Å². The molecule has 2 rings (SSSR count). The zero-order valence-electron chi connectivity index (χ0n) is 19.5. The Labute approximate surface area is 195 Å². The third kappa shape index (κ3) is 5.30. The first-order valence-corrected chi connectivity index (χ1v) is 12.3. The highest BCUT2D eigenvalue weighted by atomic mass is 31.2. The van der Waals surface area contributed by atoms with E-state index in [2.05, 4.69) is 0 Å². The van der Waals surface area contributed by atoms with Gasteiger partial charge in [0, 0.05) is 23.0 Å². The summed E-state index contributed by atoms with van der Waals surface area (Å²) in [5.41, 5.74) is -1.69. The average molecular weight is 511 g/mol. The Morgan fingerprint density at radius 3 is 2.18 bits per heavy atom. The maximum atomic E-state index is 14.5. The SMILES string of the molecule is CCOP(=O)(OCC)C1(C(=O)OC(C)(C)C)CC([N+](=O)[O-])[C@@H](c2cc(F)c(F)cc2F)CC1O. The molecule has 0 heterocycles. The second-order valence-corrected chi connectivity index (χ2v) is 11.3. The molecule has 1 aliphatic rings. The van der Waals surface area contributed by atoms with Gasteiger partial charge in [-0.05, 0) is 47.1 Å². The fourth-order valence-corrected chi connectivity index (χ4v) is 6.53. The van der Waals surface area contributed by atoms with E-state index in [4.69, 9.17) is 13.8 Å².